The minimum absolute atomic E-state index is 0.0565. The number of rotatable bonds is 2. The molecule has 0 saturated heterocycles. The van der Waals surface area contributed by atoms with Gasteiger partial charge in [-0.05, 0) is 72.7 Å². The fourth-order valence-corrected chi connectivity index (χ4v) is 7.84. The number of aliphatic hydroxyl groups excluding tert-OH is 2. The van der Waals surface area contributed by atoms with Gasteiger partial charge in [0.2, 0.25) is 0 Å². The van der Waals surface area contributed by atoms with Gasteiger partial charge in [-0.15, -0.1) is 0 Å². The number of carbonyl (C=O) groups is 2. The fourth-order valence-electron chi connectivity index (χ4n) is 7.84. The summed E-state index contributed by atoms with van der Waals surface area (Å²) in [4.78, 5) is 24.4. The van der Waals surface area contributed by atoms with Crippen molar-refractivity contribution < 1.29 is 19.8 Å². The molecule has 0 aromatic rings. The summed E-state index contributed by atoms with van der Waals surface area (Å²) in [6.07, 6.45) is 6.43. The molecule has 3 fully saturated rings. The lowest BCUT2D eigenvalue weighted by atomic mass is 9.46. The zero-order valence-electron chi connectivity index (χ0n) is 16.2. The molecule has 0 bridgehead atoms. The van der Waals surface area contributed by atoms with Gasteiger partial charge in [0.05, 0.1) is 6.10 Å². The zero-order chi connectivity index (χ0) is 18.9. The van der Waals surface area contributed by atoms with Gasteiger partial charge < -0.3 is 10.2 Å². The van der Waals surface area contributed by atoms with Crippen molar-refractivity contribution in [2.24, 2.45) is 40.4 Å². The number of hydrogen-bond donors (Lipinski definition) is 2. The molecule has 0 spiro atoms. The first-order chi connectivity index (χ1) is 12.2. The number of ketones is 2. The van der Waals surface area contributed by atoms with E-state index in [1.807, 2.05) is 6.08 Å². The normalized spacial score (nSPS) is 50.5. The third-order valence-electron chi connectivity index (χ3n) is 8.74. The molecule has 3 saturated carbocycles. The molecule has 4 aliphatic carbocycles. The average molecular weight is 360 g/mol. The first kappa shape index (κ1) is 18.4. The summed E-state index contributed by atoms with van der Waals surface area (Å²) >= 11 is 0. The van der Waals surface area contributed by atoms with Crippen LogP contribution in [0.25, 0.3) is 0 Å². The Bertz CT molecular complexity index is 667. The summed E-state index contributed by atoms with van der Waals surface area (Å²) in [5, 5.41) is 20.7. The molecule has 0 radical (unpaired) electrons. The molecule has 4 rings (SSSR count). The van der Waals surface area contributed by atoms with E-state index in [0.29, 0.717) is 24.7 Å². The Hall–Kier alpha value is -1.00. The van der Waals surface area contributed by atoms with Crippen LogP contribution in [0.1, 0.15) is 59.3 Å². The maximum absolute atomic E-state index is 12.5. The van der Waals surface area contributed by atoms with Crippen LogP contribution in [0.5, 0.6) is 0 Å². The van der Waals surface area contributed by atoms with Gasteiger partial charge in [0.15, 0.2) is 11.6 Å². The summed E-state index contributed by atoms with van der Waals surface area (Å²) in [5.41, 5.74) is 0.938. The molecule has 4 heteroatoms. The summed E-state index contributed by atoms with van der Waals surface area (Å²) in [7, 11) is 0. The van der Waals surface area contributed by atoms with E-state index in [1.165, 1.54) is 5.57 Å². The number of fused-ring (bicyclic) bond motifs is 5. The molecule has 2 N–H and O–H groups in total. The van der Waals surface area contributed by atoms with Crippen LogP contribution in [0.4, 0.5) is 0 Å². The zero-order valence-corrected chi connectivity index (χ0v) is 16.2. The van der Waals surface area contributed by atoms with E-state index < -0.39 is 12.7 Å². The highest BCUT2D eigenvalue weighted by Gasteiger charge is 2.64. The van der Waals surface area contributed by atoms with Gasteiger partial charge in [-0.1, -0.05) is 26.3 Å². The standard InChI is InChI=1S/C22H32O4/c1-12-8-16-15-5-4-13-9-14(24)6-7-21(13,2)20(15)17(25)10-22(16,3)19(12)18(26)11-23/h9,12,15-17,19-20,23,25H,4-8,10-11H2,1-3H3/t12-,15-,16-,17-,19+,20+,21-,22-/m0/s1. The third kappa shape index (κ3) is 2.34. The largest absolute Gasteiger partial charge is 0.393 e. The van der Waals surface area contributed by atoms with Crippen molar-refractivity contribution in [1.29, 1.82) is 0 Å². The minimum Gasteiger partial charge on any atom is -0.393 e. The number of hydrogen-bond acceptors (Lipinski definition) is 4. The maximum Gasteiger partial charge on any atom is 0.162 e. The van der Waals surface area contributed by atoms with Gasteiger partial charge in [-0.2, -0.15) is 0 Å². The van der Waals surface area contributed by atoms with Crippen molar-refractivity contribution in [3.05, 3.63) is 11.6 Å². The highest BCUT2D eigenvalue weighted by atomic mass is 16.3. The molecular weight excluding hydrogens is 328 g/mol. The van der Waals surface area contributed by atoms with Crippen molar-refractivity contribution >= 4 is 11.6 Å². The molecule has 0 aromatic carbocycles. The van der Waals surface area contributed by atoms with Gasteiger partial charge in [0, 0.05) is 12.3 Å². The van der Waals surface area contributed by atoms with Crippen molar-refractivity contribution in [3.8, 4) is 0 Å². The number of allylic oxidation sites excluding steroid dienone is 1. The van der Waals surface area contributed by atoms with Crippen molar-refractivity contribution in [1.82, 2.24) is 0 Å². The van der Waals surface area contributed by atoms with E-state index >= 15 is 0 Å². The van der Waals surface area contributed by atoms with Gasteiger partial charge in [0.25, 0.3) is 0 Å². The first-order valence-electron chi connectivity index (χ1n) is 10.3. The summed E-state index contributed by atoms with van der Waals surface area (Å²) in [6, 6.07) is 0. The molecule has 0 unspecified atom stereocenters. The van der Waals surface area contributed by atoms with E-state index in [9.17, 15) is 19.8 Å². The molecule has 144 valence electrons. The Kier molecular flexibility index (Phi) is 4.24. The molecule has 0 aromatic heterocycles. The Morgan fingerprint density at radius 2 is 2.04 bits per heavy atom. The topological polar surface area (TPSA) is 74.6 Å². The monoisotopic (exact) mass is 360 g/mol. The molecule has 8 atom stereocenters. The second kappa shape index (κ2) is 6.00. The average Bonchev–Trinajstić information content (AvgIpc) is 2.84. The number of carbonyl (C=O) groups excluding carboxylic acids is 2. The second-order valence-corrected chi connectivity index (χ2v) is 9.98. The lowest BCUT2D eigenvalue weighted by Gasteiger charge is -2.59. The van der Waals surface area contributed by atoms with E-state index in [4.69, 9.17) is 0 Å². The van der Waals surface area contributed by atoms with Crippen LogP contribution < -0.4 is 0 Å². The maximum atomic E-state index is 12.5. The van der Waals surface area contributed by atoms with Gasteiger partial charge in [-0.25, -0.2) is 0 Å². The van der Waals surface area contributed by atoms with Crippen LogP contribution in [0.2, 0.25) is 0 Å². The SMILES string of the molecule is C[C@H]1C[C@H]2[C@@H]3CCC4=CC(=O)CC[C@]4(C)[C@H]3[C@@H](O)C[C@]2(C)[C@H]1C(=O)CO. The predicted molar refractivity (Wildman–Crippen MR) is 98.2 cm³/mol. The van der Waals surface area contributed by atoms with Gasteiger partial charge >= 0.3 is 0 Å². The lowest BCUT2D eigenvalue weighted by Crippen LogP contribution is -2.57. The van der Waals surface area contributed by atoms with Crippen LogP contribution in [0.3, 0.4) is 0 Å². The number of Topliss-reactive ketones (excluding diaryl/α,β-unsaturated/α-hetero) is 1. The summed E-state index contributed by atoms with van der Waals surface area (Å²) in [6.45, 7) is 6.17. The van der Waals surface area contributed by atoms with Crippen molar-refractivity contribution in [2.45, 2.75) is 65.4 Å². The molecule has 4 aliphatic rings. The smallest absolute Gasteiger partial charge is 0.162 e. The highest BCUT2D eigenvalue weighted by molar-refractivity contribution is 5.91. The van der Waals surface area contributed by atoms with Crippen LogP contribution in [0.15, 0.2) is 11.6 Å². The van der Waals surface area contributed by atoms with Gasteiger partial charge in [-0.3, -0.25) is 9.59 Å². The molecule has 0 amide bonds. The molecule has 26 heavy (non-hydrogen) atoms. The molecule has 4 nitrogen and oxygen atoms in total. The highest BCUT2D eigenvalue weighted by Crippen LogP contribution is 2.67. The van der Waals surface area contributed by atoms with Crippen molar-refractivity contribution in [2.75, 3.05) is 6.61 Å². The Labute approximate surface area is 156 Å². The Morgan fingerprint density at radius 1 is 1.31 bits per heavy atom. The lowest BCUT2D eigenvalue weighted by molar-refractivity contribution is -0.147. The first-order valence-corrected chi connectivity index (χ1v) is 10.3. The molecule has 0 heterocycles. The summed E-state index contributed by atoms with van der Waals surface area (Å²) in [5.74, 6) is 1.29. The Morgan fingerprint density at radius 3 is 2.73 bits per heavy atom. The van der Waals surface area contributed by atoms with Crippen LogP contribution in [-0.4, -0.2) is 34.5 Å². The fraction of sp³-hybridized carbons (Fsp3) is 0.818. The van der Waals surface area contributed by atoms with E-state index in [-0.39, 0.29) is 40.2 Å². The Balaban J connectivity index is 1.73. The van der Waals surface area contributed by atoms with E-state index in [0.717, 1.165) is 25.7 Å². The predicted octanol–water partition coefficient (Wildman–Crippen LogP) is 2.91. The van der Waals surface area contributed by atoms with Crippen LogP contribution in [0, 0.1) is 40.4 Å². The van der Waals surface area contributed by atoms with Crippen LogP contribution >= 0.6 is 0 Å². The van der Waals surface area contributed by atoms with E-state index in [2.05, 4.69) is 20.8 Å². The third-order valence-corrected chi connectivity index (χ3v) is 8.74. The second-order valence-electron chi connectivity index (χ2n) is 9.98. The van der Waals surface area contributed by atoms with Crippen molar-refractivity contribution in [3.63, 3.8) is 0 Å². The van der Waals surface area contributed by atoms with E-state index in [1.54, 1.807) is 0 Å². The quantitative estimate of drug-likeness (QED) is 0.794. The molecular formula is C22H32O4. The number of aliphatic hydroxyl groups is 2. The molecule has 0 aliphatic heterocycles. The van der Waals surface area contributed by atoms with Crippen LogP contribution in [-0.2, 0) is 9.59 Å². The van der Waals surface area contributed by atoms with Gasteiger partial charge in [0.1, 0.15) is 6.61 Å². The minimum atomic E-state index is -0.442. The summed E-state index contributed by atoms with van der Waals surface area (Å²) < 4.78 is 0.